The van der Waals surface area contributed by atoms with Gasteiger partial charge in [0.25, 0.3) is 0 Å². The number of hydrogen-bond acceptors (Lipinski definition) is 7. The molecular formula is C15H21NO7. The van der Waals surface area contributed by atoms with E-state index in [-0.39, 0.29) is 22.7 Å². The predicted molar refractivity (Wildman–Crippen MR) is 79.4 cm³/mol. The number of esters is 1. The van der Waals surface area contributed by atoms with E-state index < -0.39 is 23.1 Å². The minimum Gasteiger partial charge on any atom is -0.481 e. The van der Waals surface area contributed by atoms with Crippen molar-refractivity contribution in [3.05, 3.63) is 22.9 Å². The van der Waals surface area contributed by atoms with E-state index in [1.54, 1.807) is 13.8 Å². The van der Waals surface area contributed by atoms with E-state index in [4.69, 9.17) is 9.47 Å². The van der Waals surface area contributed by atoms with Gasteiger partial charge in [-0.25, -0.2) is 14.6 Å². The van der Waals surface area contributed by atoms with Crippen molar-refractivity contribution in [2.75, 3.05) is 21.3 Å². The highest BCUT2D eigenvalue weighted by Gasteiger charge is 2.41. The first-order valence-electron chi connectivity index (χ1n) is 6.72. The van der Waals surface area contributed by atoms with Gasteiger partial charge >= 0.3 is 11.9 Å². The van der Waals surface area contributed by atoms with Gasteiger partial charge in [0, 0.05) is 12.7 Å². The van der Waals surface area contributed by atoms with Crippen molar-refractivity contribution in [2.24, 2.45) is 0 Å². The fourth-order valence-electron chi connectivity index (χ4n) is 2.06. The highest BCUT2D eigenvalue weighted by atomic mass is 16.5. The molecule has 0 radical (unpaired) electrons. The quantitative estimate of drug-likeness (QED) is 0.745. The summed E-state index contributed by atoms with van der Waals surface area (Å²) in [5.74, 6) is -2.31. The minimum absolute atomic E-state index is 0.0312. The molecule has 128 valence electrons. The number of nitrogens with zero attached hydrogens (tertiary/aromatic N) is 1. The van der Waals surface area contributed by atoms with Crippen LogP contribution in [-0.2, 0) is 25.5 Å². The molecule has 0 saturated heterocycles. The Morgan fingerprint density at radius 3 is 2.13 bits per heavy atom. The first-order chi connectivity index (χ1) is 10.5. The number of carboxylic acids is 1. The molecule has 0 aliphatic heterocycles. The lowest BCUT2D eigenvalue weighted by Crippen LogP contribution is -2.37. The Morgan fingerprint density at radius 2 is 1.74 bits per heavy atom. The Kier molecular flexibility index (Phi) is 5.34. The molecule has 1 rings (SSSR count). The first-order valence-corrected chi connectivity index (χ1v) is 6.72. The SMILES string of the molecule is COC(=O)c1cc(C(C)(O)C(=O)O)c(C(C)(C)OC)c(OC)n1. The Morgan fingerprint density at radius 1 is 1.17 bits per heavy atom. The van der Waals surface area contributed by atoms with Crippen molar-refractivity contribution in [2.45, 2.75) is 32.0 Å². The number of aliphatic carboxylic acids is 1. The van der Waals surface area contributed by atoms with Crippen molar-refractivity contribution in [1.29, 1.82) is 0 Å². The molecule has 0 bridgehead atoms. The lowest BCUT2D eigenvalue weighted by Gasteiger charge is -2.31. The van der Waals surface area contributed by atoms with Crippen LogP contribution < -0.4 is 4.74 Å². The molecule has 0 aliphatic carbocycles. The summed E-state index contributed by atoms with van der Waals surface area (Å²) in [5, 5.41) is 19.8. The molecule has 23 heavy (non-hydrogen) atoms. The summed E-state index contributed by atoms with van der Waals surface area (Å²) in [6.07, 6.45) is 0. The van der Waals surface area contributed by atoms with Gasteiger partial charge in [0.1, 0.15) is 0 Å². The van der Waals surface area contributed by atoms with Crippen LogP contribution in [0.5, 0.6) is 5.88 Å². The van der Waals surface area contributed by atoms with Crippen LogP contribution in [0.25, 0.3) is 0 Å². The Balaban J connectivity index is 3.86. The lowest BCUT2D eigenvalue weighted by atomic mass is 9.84. The molecule has 0 aliphatic rings. The number of ether oxygens (including phenoxy) is 3. The second-order valence-electron chi connectivity index (χ2n) is 5.52. The second kappa shape index (κ2) is 6.51. The summed E-state index contributed by atoms with van der Waals surface area (Å²) >= 11 is 0. The van der Waals surface area contributed by atoms with Gasteiger partial charge in [0.05, 0.1) is 25.4 Å². The zero-order valence-corrected chi connectivity index (χ0v) is 14.0. The molecule has 2 N–H and O–H groups in total. The third kappa shape index (κ3) is 3.43. The summed E-state index contributed by atoms with van der Waals surface area (Å²) < 4.78 is 15.1. The molecule has 0 spiro atoms. The van der Waals surface area contributed by atoms with Crippen molar-refractivity contribution in [1.82, 2.24) is 4.98 Å². The fourth-order valence-corrected chi connectivity index (χ4v) is 2.06. The van der Waals surface area contributed by atoms with Crippen LogP contribution in [0.2, 0.25) is 0 Å². The Labute approximate surface area is 134 Å². The number of pyridine rings is 1. The maximum absolute atomic E-state index is 11.8. The van der Waals surface area contributed by atoms with E-state index in [9.17, 15) is 19.8 Å². The summed E-state index contributed by atoms with van der Waals surface area (Å²) in [6, 6.07) is 1.17. The first kappa shape index (κ1) is 18.9. The zero-order valence-electron chi connectivity index (χ0n) is 14.0. The van der Waals surface area contributed by atoms with Gasteiger partial charge in [0.15, 0.2) is 11.3 Å². The molecule has 0 aromatic carbocycles. The largest absolute Gasteiger partial charge is 0.481 e. The van der Waals surface area contributed by atoms with E-state index in [2.05, 4.69) is 9.72 Å². The summed E-state index contributed by atoms with van der Waals surface area (Å²) in [6.45, 7) is 4.41. The van der Waals surface area contributed by atoms with Crippen molar-refractivity contribution in [3.8, 4) is 5.88 Å². The molecule has 0 saturated carbocycles. The third-order valence-corrected chi connectivity index (χ3v) is 3.63. The molecule has 8 nitrogen and oxygen atoms in total. The van der Waals surface area contributed by atoms with Crippen LogP contribution in [0.15, 0.2) is 6.07 Å². The number of rotatable bonds is 6. The van der Waals surface area contributed by atoms with Crippen molar-refractivity contribution in [3.63, 3.8) is 0 Å². The van der Waals surface area contributed by atoms with Gasteiger partial charge in [-0.2, -0.15) is 0 Å². The zero-order chi connectivity index (χ0) is 18.0. The highest BCUT2D eigenvalue weighted by Crippen LogP contribution is 2.39. The number of hydrogen-bond donors (Lipinski definition) is 2. The van der Waals surface area contributed by atoms with Gasteiger partial charge in [-0.15, -0.1) is 0 Å². The van der Waals surface area contributed by atoms with Gasteiger partial charge in [0.2, 0.25) is 5.88 Å². The fraction of sp³-hybridized carbons (Fsp3) is 0.533. The molecule has 0 amide bonds. The second-order valence-corrected chi connectivity index (χ2v) is 5.52. The smallest absolute Gasteiger partial charge is 0.356 e. The third-order valence-electron chi connectivity index (χ3n) is 3.63. The van der Waals surface area contributed by atoms with Crippen molar-refractivity contribution < 1.29 is 34.0 Å². The number of methoxy groups -OCH3 is 3. The van der Waals surface area contributed by atoms with Crippen LogP contribution >= 0.6 is 0 Å². The molecule has 1 atom stereocenters. The monoisotopic (exact) mass is 327 g/mol. The van der Waals surface area contributed by atoms with Crippen LogP contribution in [0.3, 0.4) is 0 Å². The van der Waals surface area contributed by atoms with Gasteiger partial charge in [-0.3, -0.25) is 0 Å². The summed E-state index contributed by atoms with van der Waals surface area (Å²) in [7, 11) is 3.91. The van der Waals surface area contributed by atoms with E-state index in [0.717, 1.165) is 6.92 Å². The number of carbonyl (C=O) groups excluding carboxylic acids is 1. The summed E-state index contributed by atoms with van der Waals surface area (Å²) in [4.78, 5) is 27.3. The average Bonchev–Trinajstić information content (AvgIpc) is 2.52. The molecule has 8 heteroatoms. The van der Waals surface area contributed by atoms with Crippen LogP contribution in [0.1, 0.15) is 42.4 Å². The minimum atomic E-state index is -2.29. The topological polar surface area (TPSA) is 115 Å². The van der Waals surface area contributed by atoms with Gasteiger partial charge in [-0.05, 0) is 26.8 Å². The Bertz CT molecular complexity index is 622. The molecule has 1 aromatic rings. The standard InChI is InChI=1S/C15H21NO7/c1-14(2,23-6)10-8(15(3,20)13(18)19)7-9(12(17)22-5)16-11(10)21-4/h7,20H,1-6H3,(H,18,19). The molecule has 1 aromatic heterocycles. The molecule has 1 unspecified atom stereocenters. The van der Waals surface area contributed by atoms with Crippen LogP contribution in [0.4, 0.5) is 0 Å². The maximum atomic E-state index is 11.8. The van der Waals surface area contributed by atoms with Gasteiger partial charge < -0.3 is 24.4 Å². The van der Waals surface area contributed by atoms with E-state index in [1.165, 1.54) is 27.4 Å². The number of carbonyl (C=O) groups is 2. The number of aliphatic hydroxyl groups is 1. The van der Waals surface area contributed by atoms with E-state index >= 15 is 0 Å². The van der Waals surface area contributed by atoms with Gasteiger partial charge in [-0.1, -0.05) is 0 Å². The average molecular weight is 327 g/mol. The molecular weight excluding hydrogens is 306 g/mol. The van der Waals surface area contributed by atoms with E-state index in [1.807, 2.05) is 0 Å². The van der Waals surface area contributed by atoms with Crippen LogP contribution in [0, 0.1) is 0 Å². The Hall–Kier alpha value is -2.19. The lowest BCUT2D eigenvalue weighted by molar-refractivity contribution is -0.157. The summed E-state index contributed by atoms with van der Waals surface area (Å²) in [5.41, 5.74) is -3.34. The number of aromatic nitrogens is 1. The molecule has 0 fully saturated rings. The maximum Gasteiger partial charge on any atom is 0.356 e. The van der Waals surface area contributed by atoms with Crippen LogP contribution in [-0.4, -0.2) is 48.5 Å². The highest BCUT2D eigenvalue weighted by molar-refractivity contribution is 5.89. The van der Waals surface area contributed by atoms with E-state index in [0.29, 0.717) is 0 Å². The van der Waals surface area contributed by atoms with Crippen molar-refractivity contribution >= 4 is 11.9 Å². The predicted octanol–water partition coefficient (Wildman–Crippen LogP) is 1.05. The number of carboxylic acid groups (broad SMARTS) is 1. The molecule has 1 heterocycles. The normalized spacial score (nSPS) is 14.0.